The minimum Gasteiger partial charge on any atom is -0.544 e. The van der Waals surface area contributed by atoms with Gasteiger partial charge in [0.25, 0.3) is 0 Å². The predicted octanol–water partition coefficient (Wildman–Crippen LogP) is -3.24. The van der Waals surface area contributed by atoms with Crippen molar-refractivity contribution in [1.29, 1.82) is 0 Å². The second-order valence-corrected chi connectivity index (χ2v) is 2.70. The van der Waals surface area contributed by atoms with Crippen LogP contribution in [0.5, 0.6) is 0 Å². The monoisotopic (exact) mass is 147 g/mol. The zero-order valence-corrected chi connectivity index (χ0v) is 6.30. The summed E-state index contributed by atoms with van der Waals surface area (Å²) in [5.41, 5.74) is 7.15. The van der Waals surface area contributed by atoms with E-state index in [9.17, 15) is 9.90 Å². The molecule has 0 saturated carbocycles. The summed E-state index contributed by atoms with van der Waals surface area (Å²) in [6.07, 6.45) is 1.36. The van der Waals surface area contributed by atoms with Gasteiger partial charge in [-0.15, -0.1) is 0 Å². The molecule has 60 valence electrons. The van der Waals surface area contributed by atoms with Gasteiger partial charge in [-0.3, -0.25) is 0 Å². The van der Waals surface area contributed by atoms with Crippen LogP contribution in [0, 0.1) is 0 Å². The molecule has 4 heteroatoms. The minimum absolute atomic E-state index is 0.295. The van der Waals surface area contributed by atoms with E-state index in [1.54, 1.807) is 0 Å². The van der Waals surface area contributed by atoms with Gasteiger partial charge in [0.2, 0.25) is 0 Å². The molecule has 0 aromatic carbocycles. The topological polar surface area (TPSA) is 95.4 Å². The average Bonchev–Trinajstić information content (AvgIpc) is 1.82. The van der Waals surface area contributed by atoms with Crippen LogP contribution >= 0.6 is 0 Å². The van der Waals surface area contributed by atoms with Crippen molar-refractivity contribution in [2.45, 2.75) is 31.8 Å². The molecule has 0 aliphatic heterocycles. The SMILES string of the molecule is C[C@H]([NH3+])CC[C@@H]([NH3+])C(=O)[O-]. The van der Waals surface area contributed by atoms with E-state index in [0.717, 1.165) is 6.42 Å². The molecule has 0 fully saturated rings. The molecule has 2 atom stereocenters. The van der Waals surface area contributed by atoms with Crippen LogP contribution in [0.2, 0.25) is 0 Å². The molecule has 0 heterocycles. The third-order valence-corrected chi connectivity index (χ3v) is 1.34. The Bertz CT molecular complexity index is 114. The van der Waals surface area contributed by atoms with Crippen molar-refractivity contribution in [3.05, 3.63) is 0 Å². The lowest BCUT2D eigenvalue weighted by atomic mass is 10.1. The van der Waals surface area contributed by atoms with Gasteiger partial charge in [-0.05, 0) is 6.92 Å². The van der Waals surface area contributed by atoms with Gasteiger partial charge in [0.1, 0.15) is 6.04 Å². The molecule has 6 N–H and O–H groups in total. The third-order valence-electron chi connectivity index (χ3n) is 1.34. The van der Waals surface area contributed by atoms with Gasteiger partial charge in [-0.25, -0.2) is 0 Å². The first-order valence-corrected chi connectivity index (χ1v) is 3.41. The Morgan fingerprint density at radius 2 is 2.00 bits per heavy atom. The first kappa shape index (κ1) is 9.39. The molecule has 0 radical (unpaired) electrons. The Labute approximate surface area is 60.2 Å². The van der Waals surface area contributed by atoms with Crippen molar-refractivity contribution in [3.8, 4) is 0 Å². The van der Waals surface area contributed by atoms with Gasteiger partial charge in [-0.1, -0.05) is 0 Å². The highest BCUT2D eigenvalue weighted by molar-refractivity contribution is 5.68. The van der Waals surface area contributed by atoms with E-state index in [1.165, 1.54) is 0 Å². The van der Waals surface area contributed by atoms with Crippen LogP contribution in [0.15, 0.2) is 0 Å². The molecular formula is C6H15N2O2+. The van der Waals surface area contributed by atoms with E-state index in [0.29, 0.717) is 12.5 Å². The predicted molar refractivity (Wildman–Crippen MR) is 33.3 cm³/mol. The van der Waals surface area contributed by atoms with Gasteiger partial charge in [0.05, 0.1) is 12.0 Å². The van der Waals surface area contributed by atoms with Gasteiger partial charge in [-0.2, -0.15) is 0 Å². The second-order valence-electron chi connectivity index (χ2n) is 2.70. The molecule has 0 aliphatic carbocycles. The molecule has 4 nitrogen and oxygen atoms in total. The summed E-state index contributed by atoms with van der Waals surface area (Å²) in [5.74, 6) is -1.07. The van der Waals surface area contributed by atoms with Crippen LogP contribution < -0.4 is 16.6 Å². The van der Waals surface area contributed by atoms with E-state index in [-0.39, 0.29) is 0 Å². The molecule has 0 spiro atoms. The Morgan fingerprint density at radius 1 is 1.50 bits per heavy atom. The van der Waals surface area contributed by atoms with Crippen molar-refractivity contribution < 1.29 is 21.4 Å². The molecule has 0 unspecified atom stereocenters. The zero-order valence-electron chi connectivity index (χ0n) is 6.30. The average molecular weight is 147 g/mol. The summed E-state index contributed by atoms with van der Waals surface area (Å²) >= 11 is 0. The lowest BCUT2D eigenvalue weighted by Crippen LogP contribution is -2.69. The highest BCUT2D eigenvalue weighted by Crippen LogP contribution is 1.93. The van der Waals surface area contributed by atoms with Crippen molar-refractivity contribution >= 4 is 5.97 Å². The number of rotatable bonds is 4. The zero-order chi connectivity index (χ0) is 8.15. The molecule has 0 aromatic rings. The maximum atomic E-state index is 10.1. The Hall–Kier alpha value is -0.610. The van der Waals surface area contributed by atoms with Crippen molar-refractivity contribution in [3.63, 3.8) is 0 Å². The Kier molecular flexibility index (Phi) is 3.99. The molecule has 0 saturated heterocycles. The molecule has 0 aliphatic rings. The van der Waals surface area contributed by atoms with Crippen LogP contribution in [0.3, 0.4) is 0 Å². The maximum absolute atomic E-state index is 10.1. The first-order valence-electron chi connectivity index (χ1n) is 3.41. The minimum atomic E-state index is -1.07. The quantitative estimate of drug-likeness (QED) is 0.437. The normalized spacial score (nSPS) is 16.3. The van der Waals surface area contributed by atoms with E-state index >= 15 is 0 Å². The third kappa shape index (κ3) is 4.29. The number of hydrogen-bond donors (Lipinski definition) is 2. The van der Waals surface area contributed by atoms with Crippen LogP contribution in [0.1, 0.15) is 19.8 Å². The van der Waals surface area contributed by atoms with E-state index < -0.39 is 12.0 Å². The van der Waals surface area contributed by atoms with Crippen LogP contribution in [-0.2, 0) is 4.79 Å². The molecule has 0 bridgehead atoms. The molecule has 10 heavy (non-hydrogen) atoms. The number of carboxylic acid groups (broad SMARTS) is 1. The lowest BCUT2D eigenvalue weighted by molar-refractivity contribution is -0.446. The summed E-state index contributed by atoms with van der Waals surface area (Å²) in [6, 6.07) is -0.284. The summed E-state index contributed by atoms with van der Waals surface area (Å²) < 4.78 is 0. The van der Waals surface area contributed by atoms with Crippen molar-refractivity contribution in [1.82, 2.24) is 0 Å². The number of carbonyl (C=O) groups excluding carboxylic acids is 1. The molecule has 0 rings (SSSR count). The second kappa shape index (κ2) is 4.24. The number of carbonyl (C=O) groups is 1. The fraction of sp³-hybridized carbons (Fsp3) is 0.833. The highest BCUT2D eigenvalue weighted by atomic mass is 16.4. The maximum Gasteiger partial charge on any atom is 0.125 e. The summed E-state index contributed by atoms with van der Waals surface area (Å²) in [4.78, 5) is 10.1. The largest absolute Gasteiger partial charge is 0.544 e. The van der Waals surface area contributed by atoms with E-state index in [4.69, 9.17) is 0 Å². The van der Waals surface area contributed by atoms with Gasteiger partial charge >= 0.3 is 0 Å². The van der Waals surface area contributed by atoms with Crippen LogP contribution in [0.4, 0.5) is 0 Å². The van der Waals surface area contributed by atoms with Gasteiger partial charge < -0.3 is 21.4 Å². The van der Waals surface area contributed by atoms with E-state index in [1.807, 2.05) is 6.92 Å². The number of quaternary nitrogens is 2. The summed E-state index contributed by atoms with van der Waals surface area (Å²) in [5, 5.41) is 10.1. The number of aliphatic carboxylic acids is 1. The number of hydrogen-bond acceptors (Lipinski definition) is 2. The molecule has 0 aromatic heterocycles. The molecular weight excluding hydrogens is 132 g/mol. The van der Waals surface area contributed by atoms with Gasteiger partial charge in [0.15, 0.2) is 0 Å². The fourth-order valence-electron chi connectivity index (χ4n) is 0.604. The standard InChI is InChI=1S/C6H14N2O2/c1-4(7)2-3-5(8)6(9)10/h4-5H,2-3,7-8H2,1H3,(H,9,10)/p+1/t4-,5+/m0/s1. The Morgan fingerprint density at radius 3 is 2.30 bits per heavy atom. The van der Waals surface area contributed by atoms with Crippen molar-refractivity contribution in [2.24, 2.45) is 0 Å². The van der Waals surface area contributed by atoms with E-state index in [2.05, 4.69) is 11.5 Å². The number of carboxylic acids is 1. The first-order chi connectivity index (χ1) is 4.54. The lowest BCUT2D eigenvalue weighted by Gasteiger charge is -2.08. The van der Waals surface area contributed by atoms with Crippen LogP contribution in [0.25, 0.3) is 0 Å². The highest BCUT2D eigenvalue weighted by Gasteiger charge is 2.08. The van der Waals surface area contributed by atoms with Crippen LogP contribution in [-0.4, -0.2) is 18.1 Å². The smallest absolute Gasteiger partial charge is 0.125 e. The van der Waals surface area contributed by atoms with Crippen molar-refractivity contribution in [2.75, 3.05) is 0 Å². The summed E-state index contributed by atoms with van der Waals surface area (Å²) in [7, 11) is 0. The Balaban J connectivity index is 3.40. The summed E-state index contributed by atoms with van der Waals surface area (Å²) in [6.45, 7) is 1.95. The molecule has 0 amide bonds. The van der Waals surface area contributed by atoms with Gasteiger partial charge in [0, 0.05) is 12.8 Å². The fourth-order valence-corrected chi connectivity index (χ4v) is 0.604.